The molecule has 44 heavy (non-hydrogen) atoms. The van der Waals surface area contributed by atoms with Crippen LogP contribution in [0.3, 0.4) is 0 Å². The number of carbonyl (C=O) groups is 2. The van der Waals surface area contributed by atoms with Crippen molar-refractivity contribution >= 4 is 17.8 Å². The van der Waals surface area contributed by atoms with E-state index >= 15 is 0 Å². The molecular weight excluding hydrogens is 565 g/mol. The third-order valence-electron chi connectivity index (χ3n) is 8.91. The summed E-state index contributed by atoms with van der Waals surface area (Å²) in [4.78, 5) is 35.8. The number of nitrogens with zero attached hydrogens (tertiary/aromatic N) is 6. The maximum atomic E-state index is 14.3. The van der Waals surface area contributed by atoms with Crippen LogP contribution in [0.5, 0.6) is 11.6 Å². The largest absolute Gasteiger partial charge is 0.446 e. The number of rotatable bonds is 11. The van der Waals surface area contributed by atoms with Gasteiger partial charge < -0.3 is 25.0 Å². The summed E-state index contributed by atoms with van der Waals surface area (Å²) in [5.41, 5.74) is 5.38. The zero-order chi connectivity index (χ0) is 32.4. The zero-order valence-corrected chi connectivity index (χ0v) is 27.3. The van der Waals surface area contributed by atoms with Crippen LogP contribution in [0.15, 0.2) is 24.5 Å². The first kappa shape index (κ1) is 33.4. The Bertz CT molecular complexity index is 1330. The number of nitrogens with two attached hydrogens (primary N) is 1. The topological polar surface area (TPSA) is 127 Å². The Morgan fingerprint density at radius 2 is 1.86 bits per heavy atom. The molecule has 3 heterocycles. The second-order valence-electron chi connectivity index (χ2n) is 13.9. The van der Waals surface area contributed by atoms with Gasteiger partial charge in [0, 0.05) is 56.6 Å². The average Bonchev–Trinajstić information content (AvgIpc) is 3.36. The van der Waals surface area contributed by atoms with E-state index in [1.54, 1.807) is 4.90 Å². The maximum Gasteiger partial charge on any atom is 0.404 e. The molecule has 242 valence electrons. The number of amides is 2. The molecule has 4 rings (SSSR count). The highest BCUT2D eigenvalue weighted by Crippen LogP contribution is 2.45. The Kier molecular flexibility index (Phi) is 10.0. The summed E-state index contributed by atoms with van der Waals surface area (Å²) in [6, 6.07) is 4.08. The van der Waals surface area contributed by atoms with Crippen molar-refractivity contribution in [2.45, 2.75) is 86.4 Å². The standard InChI is InChI=1S/C32H48FN7O4/c1-9-40(21(4)5)29(41)23-14-22(33)10-11-25(23)43-28-27(35-19-36-37-28)38-13-12-32(16-38)17-39(18-32)24(20(2)3)15-26(31(6,7)8)44-30(34)42/h10-11,14,19-21,24,26H,9,12-13,15-18H2,1-8H3,(H2,34,42). The van der Waals surface area contributed by atoms with Crippen molar-refractivity contribution in [1.82, 2.24) is 25.0 Å². The summed E-state index contributed by atoms with van der Waals surface area (Å²) < 4.78 is 26.0. The number of hydrogen-bond acceptors (Lipinski definition) is 9. The fourth-order valence-corrected chi connectivity index (χ4v) is 6.51. The molecule has 12 heteroatoms. The molecule has 0 aliphatic carbocycles. The third-order valence-corrected chi connectivity index (χ3v) is 8.91. The van der Waals surface area contributed by atoms with Crippen molar-refractivity contribution < 1.29 is 23.5 Å². The lowest BCUT2D eigenvalue weighted by Gasteiger charge is -2.53. The Balaban J connectivity index is 1.49. The first-order chi connectivity index (χ1) is 20.6. The number of anilines is 1. The molecule has 0 bridgehead atoms. The van der Waals surface area contributed by atoms with Gasteiger partial charge in [-0.25, -0.2) is 14.2 Å². The Hall–Kier alpha value is -3.54. The van der Waals surface area contributed by atoms with Gasteiger partial charge in [0.05, 0.1) is 5.56 Å². The van der Waals surface area contributed by atoms with E-state index in [-0.39, 0.29) is 52.1 Å². The second kappa shape index (κ2) is 13.2. The fraction of sp³-hybridized carbons (Fsp3) is 0.656. The van der Waals surface area contributed by atoms with Crippen molar-refractivity contribution in [2.24, 2.45) is 22.5 Å². The summed E-state index contributed by atoms with van der Waals surface area (Å²) in [5, 5.41) is 8.16. The van der Waals surface area contributed by atoms with Gasteiger partial charge in [-0.2, -0.15) is 0 Å². The molecule has 2 unspecified atom stereocenters. The number of aromatic nitrogens is 3. The molecule has 2 amide bonds. The van der Waals surface area contributed by atoms with Crippen LogP contribution < -0.4 is 15.4 Å². The molecule has 2 aliphatic rings. The van der Waals surface area contributed by atoms with Gasteiger partial charge in [-0.3, -0.25) is 9.69 Å². The molecule has 2 aliphatic heterocycles. The summed E-state index contributed by atoms with van der Waals surface area (Å²) in [5.74, 6) is 0.435. The van der Waals surface area contributed by atoms with Crippen LogP contribution in [0.1, 0.15) is 78.6 Å². The number of likely N-dealkylation sites (tertiary alicyclic amines) is 1. The van der Waals surface area contributed by atoms with Gasteiger partial charge in [-0.1, -0.05) is 34.6 Å². The minimum absolute atomic E-state index is 0.0643. The molecule has 1 aromatic heterocycles. The molecule has 2 saturated heterocycles. The Morgan fingerprint density at radius 3 is 2.45 bits per heavy atom. The SMILES string of the molecule is CCN(C(=O)c1cc(F)ccc1Oc1nncnc1N1CCC2(C1)CN(C(CC(OC(N)=O)C(C)(C)C)C(C)C)C2)C(C)C. The highest BCUT2D eigenvalue weighted by molar-refractivity contribution is 5.97. The molecular formula is C32H48FN7O4. The highest BCUT2D eigenvalue weighted by Gasteiger charge is 2.51. The summed E-state index contributed by atoms with van der Waals surface area (Å²) >= 11 is 0. The van der Waals surface area contributed by atoms with Crippen molar-refractivity contribution in [3.05, 3.63) is 35.9 Å². The first-order valence-electron chi connectivity index (χ1n) is 15.5. The molecule has 1 spiro atoms. The smallest absolute Gasteiger partial charge is 0.404 e. The maximum absolute atomic E-state index is 14.3. The van der Waals surface area contributed by atoms with Gasteiger partial charge in [0.15, 0.2) is 5.82 Å². The van der Waals surface area contributed by atoms with Crippen molar-refractivity contribution in [3.8, 4) is 11.6 Å². The van der Waals surface area contributed by atoms with E-state index in [0.29, 0.717) is 24.7 Å². The van der Waals surface area contributed by atoms with Gasteiger partial charge >= 0.3 is 6.09 Å². The average molecular weight is 614 g/mol. The van der Waals surface area contributed by atoms with Crippen LogP contribution in [-0.4, -0.2) is 87.9 Å². The van der Waals surface area contributed by atoms with Gasteiger partial charge in [-0.15, -0.1) is 10.2 Å². The van der Waals surface area contributed by atoms with E-state index in [4.69, 9.17) is 15.2 Å². The molecule has 2 atom stereocenters. The predicted molar refractivity (Wildman–Crippen MR) is 166 cm³/mol. The van der Waals surface area contributed by atoms with Gasteiger partial charge in [0.25, 0.3) is 11.8 Å². The zero-order valence-electron chi connectivity index (χ0n) is 27.3. The van der Waals surface area contributed by atoms with Crippen LogP contribution in [0, 0.1) is 22.6 Å². The molecule has 0 saturated carbocycles. The quantitative estimate of drug-likeness (QED) is 0.368. The van der Waals surface area contributed by atoms with E-state index in [2.05, 4.69) is 59.6 Å². The number of halogens is 1. The lowest BCUT2D eigenvalue weighted by atomic mass is 9.75. The molecule has 0 radical (unpaired) electrons. The lowest BCUT2D eigenvalue weighted by Crippen LogP contribution is -2.62. The fourth-order valence-electron chi connectivity index (χ4n) is 6.51. The van der Waals surface area contributed by atoms with Gasteiger partial charge in [0.2, 0.25) is 0 Å². The summed E-state index contributed by atoms with van der Waals surface area (Å²) in [6.07, 6.45) is 2.04. The Morgan fingerprint density at radius 1 is 1.16 bits per heavy atom. The minimum Gasteiger partial charge on any atom is -0.446 e. The molecule has 2 aromatic rings. The molecule has 1 aromatic carbocycles. The monoisotopic (exact) mass is 613 g/mol. The van der Waals surface area contributed by atoms with Crippen LogP contribution in [0.4, 0.5) is 15.0 Å². The predicted octanol–water partition coefficient (Wildman–Crippen LogP) is 5.11. The number of primary amides is 1. The van der Waals surface area contributed by atoms with E-state index in [1.165, 1.54) is 24.5 Å². The third kappa shape index (κ3) is 7.39. The summed E-state index contributed by atoms with van der Waals surface area (Å²) in [7, 11) is 0. The second-order valence-corrected chi connectivity index (χ2v) is 13.9. The first-order valence-corrected chi connectivity index (χ1v) is 15.5. The van der Waals surface area contributed by atoms with Crippen molar-refractivity contribution in [3.63, 3.8) is 0 Å². The van der Waals surface area contributed by atoms with Gasteiger partial charge in [0.1, 0.15) is 24.0 Å². The molecule has 2 N–H and O–H groups in total. The van der Waals surface area contributed by atoms with Crippen molar-refractivity contribution in [1.29, 1.82) is 0 Å². The number of hydrogen-bond donors (Lipinski definition) is 1. The summed E-state index contributed by atoms with van der Waals surface area (Å²) in [6.45, 7) is 20.1. The van der Waals surface area contributed by atoms with E-state index in [1.807, 2.05) is 20.8 Å². The normalized spacial score (nSPS) is 17.9. The van der Waals surface area contributed by atoms with Crippen LogP contribution in [0.2, 0.25) is 0 Å². The lowest BCUT2D eigenvalue weighted by molar-refractivity contribution is -0.0605. The number of ether oxygens (including phenoxy) is 2. The molecule has 2 fully saturated rings. The van der Waals surface area contributed by atoms with Crippen molar-refractivity contribution in [2.75, 3.05) is 37.6 Å². The van der Waals surface area contributed by atoms with Crippen LogP contribution in [0.25, 0.3) is 0 Å². The molecule has 11 nitrogen and oxygen atoms in total. The van der Waals surface area contributed by atoms with E-state index in [0.717, 1.165) is 32.6 Å². The number of benzene rings is 1. The van der Waals surface area contributed by atoms with Gasteiger partial charge in [-0.05, 0) is 56.7 Å². The Labute approximate surface area is 260 Å². The minimum atomic E-state index is -0.741. The highest BCUT2D eigenvalue weighted by atomic mass is 19.1. The van der Waals surface area contributed by atoms with Crippen LogP contribution >= 0.6 is 0 Å². The van der Waals surface area contributed by atoms with E-state index in [9.17, 15) is 14.0 Å². The van der Waals surface area contributed by atoms with Crippen LogP contribution in [-0.2, 0) is 4.74 Å². The number of carbonyl (C=O) groups excluding carboxylic acids is 2. The van der Waals surface area contributed by atoms with E-state index < -0.39 is 11.9 Å².